The van der Waals surface area contributed by atoms with E-state index in [-0.39, 0.29) is 0 Å². The van der Waals surface area contributed by atoms with Crippen molar-refractivity contribution in [1.82, 2.24) is 15.1 Å². The zero-order chi connectivity index (χ0) is 13.8. The standard InChI is InChI=1S/C17H29N3/c1-18-17(14-7-3-2-4-8-14)13-15-11-12-20(19-15)16-9-5-6-10-16/h11-12,14,16-18H,2-10,13H2,1H3. The number of rotatable bonds is 5. The van der Waals surface area contributed by atoms with Crippen LogP contribution in [-0.2, 0) is 6.42 Å². The highest BCUT2D eigenvalue weighted by atomic mass is 15.3. The number of hydrogen-bond donors (Lipinski definition) is 1. The Kier molecular flexibility index (Phi) is 4.77. The van der Waals surface area contributed by atoms with E-state index >= 15 is 0 Å². The third-order valence-corrected chi connectivity index (χ3v) is 5.38. The maximum Gasteiger partial charge on any atom is 0.0640 e. The van der Waals surface area contributed by atoms with Crippen LogP contribution in [0.1, 0.15) is 69.5 Å². The van der Waals surface area contributed by atoms with Crippen LogP contribution in [0.5, 0.6) is 0 Å². The lowest BCUT2D eigenvalue weighted by Gasteiger charge is -2.29. The lowest BCUT2D eigenvalue weighted by molar-refractivity contribution is 0.275. The number of hydrogen-bond acceptors (Lipinski definition) is 2. The van der Waals surface area contributed by atoms with E-state index in [1.807, 2.05) is 0 Å². The topological polar surface area (TPSA) is 29.9 Å². The van der Waals surface area contributed by atoms with E-state index in [1.165, 1.54) is 63.5 Å². The Morgan fingerprint density at radius 3 is 2.55 bits per heavy atom. The molecule has 3 rings (SSSR count). The summed E-state index contributed by atoms with van der Waals surface area (Å²) in [5.41, 5.74) is 1.28. The Balaban J connectivity index is 1.60. The number of aromatic nitrogens is 2. The van der Waals surface area contributed by atoms with E-state index in [0.29, 0.717) is 12.1 Å². The van der Waals surface area contributed by atoms with E-state index in [9.17, 15) is 0 Å². The second kappa shape index (κ2) is 6.75. The highest BCUT2D eigenvalue weighted by Crippen LogP contribution is 2.30. The first-order chi connectivity index (χ1) is 9.86. The van der Waals surface area contributed by atoms with Gasteiger partial charge >= 0.3 is 0 Å². The monoisotopic (exact) mass is 275 g/mol. The summed E-state index contributed by atoms with van der Waals surface area (Å²) < 4.78 is 2.23. The van der Waals surface area contributed by atoms with Crippen LogP contribution in [0.15, 0.2) is 12.3 Å². The van der Waals surface area contributed by atoms with Crippen LogP contribution in [0.3, 0.4) is 0 Å². The van der Waals surface area contributed by atoms with Crippen molar-refractivity contribution in [2.45, 2.75) is 76.3 Å². The second-order valence-electron chi connectivity index (χ2n) is 6.72. The minimum absolute atomic E-state index is 0.613. The molecule has 3 heteroatoms. The molecular weight excluding hydrogens is 246 g/mol. The van der Waals surface area contributed by atoms with Crippen LogP contribution in [0.4, 0.5) is 0 Å². The van der Waals surface area contributed by atoms with Crippen LogP contribution in [0.2, 0.25) is 0 Å². The summed E-state index contributed by atoms with van der Waals surface area (Å²) in [6, 6.07) is 3.53. The van der Waals surface area contributed by atoms with Gasteiger partial charge in [-0.05, 0) is 44.7 Å². The van der Waals surface area contributed by atoms with Crippen molar-refractivity contribution in [2.75, 3.05) is 7.05 Å². The predicted molar refractivity (Wildman–Crippen MR) is 82.9 cm³/mol. The average Bonchev–Trinajstić information content (AvgIpc) is 3.16. The van der Waals surface area contributed by atoms with Gasteiger partial charge in [-0.2, -0.15) is 5.10 Å². The fourth-order valence-corrected chi connectivity index (χ4v) is 4.12. The lowest BCUT2D eigenvalue weighted by atomic mass is 9.82. The van der Waals surface area contributed by atoms with E-state index in [1.54, 1.807) is 0 Å². The van der Waals surface area contributed by atoms with Crippen LogP contribution >= 0.6 is 0 Å². The largest absolute Gasteiger partial charge is 0.316 e. The Morgan fingerprint density at radius 2 is 1.85 bits per heavy atom. The van der Waals surface area contributed by atoms with E-state index in [2.05, 4.69) is 29.3 Å². The summed E-state index contributed by atoms with van der Waals surface area (Å²) in [7, 11) is 2.12. The molecule has 0 bridgehead atoms. The fraction of sp³-hybridized carbons (Fsp3) is 0.824. The molecule has 0 saturated heterocycles. The van der Waals surface area contributed by atoms with Gasteiger partial charge in [-0.3, -0.25) is 4.68 Å². The molecule has 2 aliphatic rings. The molecule has 20 heavy (non-hydrogen) atoms. The summed E-state index contributed by atoms with van der Waals surface area (Å²) in [6.07, 6.45) is 15.8. The molecule has 0 aromatic carbocycles. The Morgan fingerprint density at radius 1 is 1.15 bits per heavy atom. The molecule has 0 radical (unpaired) electrons. The highest BCUT2D eigenvalue weighted by Gasteiger charge is 2.24. The van der Waals surface area contributed by atoms with E-state index in [4.69, 9.17) is 5.10 Å². The van der Waals surface area contributed by atoms with E-state index < -0.39 is 0 Å². The SMILES string of the molecule is CNC(Cc1ccn(C2CCCC2)n1)C1CCCCC1. The molecule has 1 unspecified atom stereocenters. The molecule has 1 heterocycles. The molecule has 2 fully saturated rings. The van der Waals surface area contributed by atoms with Gasteiger partial charge in [0.15, 0.2) is 0 Å². The maximum absolute atomic E-state index is 4.85. The third-order valence-electron chi connectivity index (χ3n) is 5.38. The normalized spacial score (nSPS) is 23.2. The highest BCUT2D eigenvalue weighted by molar-refractivity contribution is 5.03. The molecule has 0 amide bonds. The Labute approximate surface area is 123 Å². The maximum atomic E-state index is 4.85. The van der Waals surface area contributed by atoms with Crippen molar-refractivity contribution in [3.63, 3.8) is 0 Å². The molecule has 2 aliphatic carbocycles. The predicted octanol–water partition coefficient (Wildman–Crippen LogP) is 3.71. The molecule has 3 nitrogen and oxygen atoms in total. The lowest BCUT2D eigenvalue weighted by Crippen LogP contribution is -2.36. The van der Waals surface area contributed by atoms with Crippen LogP contribution in [0.25, 0.3) is 0 Å². The van der Waals surface area contributed by atoms with Gasteiger partial charge in [0.2, 0.25) is 0 Å². The van der Waals surface area contributed by atoms with Crippen LogP contribution < -0.4 is 5.32 Å². The van der Waals surface area contributed by atoms with Crippen molar-refractivity contribution in [3.8, 4) is 0 Å². The van der Waals surface area contributed by atoms with Gasteiger partial charge in [-0.1, -0.05) is 32.1 Å². The first kappa shape index (κ1) is 14.1. The number of nitrogens with one attached hydrogen (secondary N) is 1. The summed E-state index contributed by atoms with van der Waals surface area (Å²) in [4.78, 5) is 0. The minimum Gasteiger partial charge on any atom is -0.316 e. The molecule has 0 spiro atoms. The first-order valence-electron chi connectivity index (χ1n) is 8.58. The molecule has 2 saturated carbocycles. The second-order valence-corrected chi connectivity index (χ2v) is 6.72. The number of nitrogens with zero attached hydrogens (tertiary/aromatic N) is 2. The molecule has 0 aliphatic heterocycles. The van der Waals surface area contributed by atoms with E-state index in [0.717, 1.165) is 12.3 Å². The zero-order valence-corrected chi connectivity index (χ0v) is 12.9. The molecule has 1 atom stereocenters. The van der Waals surface area contributed by atoms with Gasteiger partial charge < -0.3 is 5.32 Å². The zero-order valence-electron chi connectivity index (χ0n) is 12.9. The van der Waals surface area contributed by atoms with Gasteiger partial charge in [-0.15, -0.1) is 0 Å². The summed E-state index contributed by atoms with van der Waals surface area (Å²) in [5.74, 6) is 0.852. The average molecular weight is 275 g/mol. The molecule has 1 N–H and O–H groups in total. The quantitative estimate of drug-likeness (QED) is 0.888. The Bertz CT molecular complexity index is 400. The van der Waals surface area contributed by atoms with Gasteiger partial charge in [0.1, 0.15) is 0 Å². The van der Waals surface area contributed by atoms with Gasteiger partial charge in [0, 0.05) is 18.7 Å². The number of likely N-dealkylation sites (N-methyl/N-ethyl adjacent to an activating group) is 1. The van der Waals surface area contributed by atoms with Crippen molar-refractivity contribution >= 4 is 0 Å². The smallest absolute Gasteiger partial charge is 0.0640 e. The molecule has 1 aromatic rings. The van der Waals surface area contributed by atoms with Gasteiger partial charge in [-0.25, -0.2) is 0 Å². The summed E-state index contributed by atoms with van der Waals surface area (Å²) in [5, 5.41) is 8.40. The van der Waals surface area contributed by atoms with Crippen molar-refractivity contribution < 1.29 is 0 Å². The molecule has 1 aromatic heterocycles. The van der Waals surface area contributed by atoms with Gasteiger partial charge in [0.25, 0.3) is 0 Å². The van der Waals surface area contributed by atoms with Crippen molar-refractivity contribution in [1.29, 1.82) is 0 Å². The summed E-state index contributed by atoms with van der Waals surface area (Å²) >= 11 is 0. The van der Waals surface area contributed by atoms with Crippen molar-refractivity contribution in [3.05, 3.63) is 18.0 Å². The molecule has 112 valence electrons. The first-order valence-corrected chi connectivity index (χ1v) is 8.58. The Hall–Kier alpha value is -0.830. The molecular formula is C17H29N3. The van der Waals surface area contributed by atoms with Crippen LogP contribution in [-0.4, -0.2) is 22.9 Å². The summed E-state index contributed by atoms with van der Waals surface area (Å²) in [6.45, 7) is 0. The third kappa shape index (κ3) is 3.25. The van der Waals surface area contributed by atoms with Crippen molar-refractivity contribution in [2.24, 2.45) is 5.92 Å². The fourth-order valence-electron chi connectivity index (χ4n) is 4.12. The minimum atomic E-state index is 0.613. The van der Waals surface area contributed by atoms with Crippen LogP contribution in [0, 0.1) is 5.92 Å². The van der Waals surface area contributed by atoms with Gasteiger partial charge in [0.05, 0.1) is 11.7 Å².